The standard InChI is InChI=1S/C25H28N8O2.2C23H25N7O2.C21H21N7O/c1-24(2,34)14-31-20-13-27-19(12-28-20)21-32-22(33-35-21)25(3,18-8-9-18)17-6-4-15(5-7-17)16-10-29-23(26)30-11-16;1-23(18-7-8-18,17-5-3-15(4-6-17)19-12-26-20(24)13-25-19)22-28-21(32-29-22)16-11-27-30(14-16)9-10-31-2;1-23(19-7-8-19,18-5-3-15(4-6-18)16-11-25-22(24)26-12-16)21-28-20(32-29-21)17-13-27-30(14-17)9-10-31-2;1-21(16-7-8-16,20-26-19(29-27-20)14-9-25-28(2)12-14)15-5-3-13(4-6-15)17-10-24-18(22)11-23-17/h4-7,10-13,18,34H,8-9,14H2,1-3H3,(H,28,31)(H2,26,29,30);3-6,11-14,18H,7-10H2,1-2H3,(H2,24,26);3-6,11-14,19H,7-10H2,1-2H3,(H2,24,25,26);3-6,9-12,16H,7-8H2,1-2H3,(H2,22,24)/t25-;2*23-;21-/m0000/s1. The summed E-state index contributed by atoms with van der Waals surface area (Å²) in [6.45, 7) is 15.1. The van der Waals surface area contributed by atoms with Crippen LogP contribution in [0.4, 0.5) is 29.4 Å². The molecular weight excluding hydrogens is 1620 g/mol. The van der Waals surface area contributed by atoms with Crippen molar-refractivity contribution in [2.45, 2.75) is 133 Å². The van der Waals surface area contributed by atoms with Gasteiger partial charge in [0, 0.05) is 93.4 Å². The minimum atomic E-state index is -0.851. The number of nitrogens with zero attached hydrogens (tertiary/aromatic N) is 24. The van der Waals surface area contributed by atoms with Crippen molar-refractivity contribution in [2.75, 3.05) is 62.2 Å². The van der Waals surface area contributed by atoms with E-state index in [-0.39, 0.29) is 33.6 Å². The number of ether oxygens (including phenoxy) is 2. The summed E-state index contributed by atoms with van der Waals surface area (Å²) in [6, 6.07) is 33.4. The molecule has 10 N–H and O–H groups in total. The van der Waals surface area contributed by atoms with Crippen LogP contribution in [0.5, 0.6) is 0 Å². The Morgan fingerprint density at radius 1 is 0.359 bits per heavy atom. The van der Waals surface area contributed by atoms with Crippen molar-refractivity contribution in [3.8, 4) is 90.7 Å². The summed E-state index contributed by atoms with van der Waals surface area (Å²) in [5, 5.41) is 43.2. The molecule has 12 heterocycles. The lowest BCUT2D eigenvalue weighted by Gasteiger charge is -2.27. The summed E-state index contributed by atoms with van der Waals surface area (Å²) in [5.74, 6) is 8.26. The molecule has 4 atom stereocenters. The maximum atomic E-state index is 9.86. The van der Waals surface area contributed by atoms with Gasteiger partial charge in [-0.05, 0) is 150 Å². The second kappa shape index (κ2) is 36.1. The smallest absolute Gasteiger partial charge is 0.278 e. The van der Waals surface area contributed by atoms with E-state index in [1.54, 1.807) is 113 Å². The second-order valence-corrected chi connectivity index (χ2v) is 34.0. The van der Waals surface area contributed by atoms with Crippen molar-refractivity contribution in [1.82, 2.24) is 120 Å². The lowest BCUT2D eigenvalue weighted by Crippen LogP contribution is -2.29. The number of nitrogens with two attached hydrogens (primary N) is 4. The minimum Gasteiger partial charge on any atom is -0.389 e. The molecule has 12 aromatic heterocycles. The van der Waals surface area contributed by atoms with E-state index in [4.69, 9.17) is 70.4 Å². The highest BCUT2D eigenvalue weighted by Gasteiger charge is 2.51. The zero-order valence-electron chi connectivity index (χ0n) is 72.4. The molecule has 0 amide bonds. The summed E-state index contributed by atoms with van der Waals surface area (Å²) in [5.41, 5.74) is 35.2. The molecule has 0 saturated heterocycles. The first-order chi connectivity index (χ1) is 61.9. The van der Waals surface area contributed by atoms with E-state index in [0.29, 0.717) is 127 Å². The first kappa shape index (κ1) is 85.5. The van der Waals surface area contributed by atoms with Crippen molar-refractivity contribution in [3.05, 3.63) is 242 Å². The van der Waals surface area contributed by atoms with E-state index in [0.717, 1.165) is 135 Å². The van der Waals surface area contributed by atoms with Gasteiger partial charge in [0.1, 0.15) is 23.1 Å². The Labute approximate surface area is 736 Å². The van der Waals surface area contributed by atoms with Crippen LogP contribution in [0.15, 0.2) is 214 Å². The van der Waals surface area contributed by atoms with Crippen LogP contribution < -0.4 is 28.3 Å². The highest BCUT2D eigenvalue weighted by molar-refractivity contribution is 5.66. The zero-order valence-corrected chi connectivity index (χ0v) is 72.4. The molecule has 4 saturated carbocycles. The van der Waals surface area contributed by atoms with Gasteiger partial charge in [0.25, 0.3) is 23.6 Å². The van der Waals surface area contributed by atoms with Crippen LogP contribution in [0.25, 0.3) is 90.7 Å². The molecule has 36 nitrogen and oxygen atoms in total. The minimum absolute atomic E-state index is 0.254. The molecule has 0 unspecified atom stereocenters. The molecule has 36 heteroatoms. The SMILES string of the molecule is CC(C)(O)CNc1cnc(-c2nc([C@@](C)(c3ccc(-c4cnc(N)nc4)cc3)C3CC3)no2)cn1.COCCn1cc(-c2nc([C@@](C)(c3ccc(-c4cnc(N)cn4)cc3)C3CC3)no2)cn1.COCCn1cc(-c2nc([C@@](C)(c3ccc(-c4cnc(N)nc4)cc3)C3CC3)no2)cn1.Cn1cc(-c2nc([C@@](C)(c3ccc(-c4cnc(N)cn4)cc3)C3CC3)no2)cn1. The Kier molecular flexibility index (Phi) is 24.1. The van der Waals surface area contributed by atoms with Crippen LogP contribution in [-0.2, 0) is 51.3 Å². The fourth-order valence-electron chi connectivity index (χ4n) is 15.9. The normalized spacial score (nSPS) is 15.6. The maximum Gasteiger partial charge on any atom is 0.278 e. The number of nitrogen functional groups attached to an aromatic ring is 4. The van der Waals surface area contributed by atoms with Gasteiger partial charge >= 0.3 is 0 Å². The predicted molar refractivity (Wildman–Crippen MR) is 476 cm³/mol. The van der Waals surface area contributed by atoms with E-state index in [1.165, 1.54) is 0 Å². The molecule has 4 fully saturated rings. The molecule has 0 spiro atoms. The molecule has 4 aliphatic rings. The molecule has 654 valence electrons. The summed E-state index contributed by atoms with van der Waals surface area (Å²) in [6.07, 6.45) is 36.5. The van der Waals surface area contributed by atoms with Crippen LogP contribution >= 0.6 is 0 Å². The number of rotatable bonds is 29. The van der Waals surface area contributed by atoms with Crippen molar-refractivity contribution < 1.29 is 32.7 Å². The molecule has 0 radical (unpaired) electrons. The van der Waals surface area contributed by atoms with Crippen molar-refractivity contribution in [1.29, 1.82) is 0 Å². The number of anilines is 5. The van der Waals surface area contributed by atoms with Crippen molar-refractivity contribution >= 4 is 29.4 Å². The fraction of sp³-hybridized carbons (Fsp3) is 0.337. The van der Waals surface area contributed by atoms with Gasteiger partial charge in [0.2, 0.25) is 11.9 Å². The summed E-state index contributed by atoms with van der Waals surface area (Å²) < 4.78 is 38.0. The first-order valence-corrected chi connectivity index (χ1v) is 42.3. The van der Waals surface area contributed by atoms with Crippen molar-refractivity contribution in [2.24, 2.45) is 30.7 Å². The molecule has 4 aliphatic carbocycles. The molecule has 16 aromatic rings. The highest BCUT2D eigenvalue weighted by atomic mass is 16.5. The Balaban J connectivity index is 0.000000120. The maximum absolute atomic E-state index is 9.86. The Morgan fingerprint density at radius 3 is 1.00 bits per heavy atom. The number of benzene rings is 4. The third-order valence-electron chi connectivity index (χ3n) is 24.4. The Bertz CT molecular complexity index is 6190. The number of aryl methyl sites for hydroxylation is 1. The molecule has 4 aromatic carbocycles. The highest BCUT2D eigenvalue weighted by Crippen LogP contribution is 2.55. The van der Waals surface area contributed by atoms with Crippen molar-refractivity contribution in [3.63, 3.8) is 0 Å². The van der Waals surface area contributed by atoms with Gasteiger partial charge in [0.15, 0.2) is 23.3 Å². The summed E-state index contributed by atoms with van der Waals surface area (Å²) >= 11 is 0. The quantitative estimate of drug-likeness (QED) is 0.0253. The van der Waals surface area contributed by atoms with E-state index in [1.807, 2.05) is 35.0 Å². The van der Waals surface area contributed by atoms with Crippen LogP contribution in [0, 0.1) is 23.7 Å². The zero-order chi connectivity index (χ0) is 88.9. The average Bonchev–Trinajstić information content (AvgIpc) is 1.61. The third-order valence-corrected chi connectivity index (χ3v) is 24.4. The Hall–Kier alpha value is -14.7. The van der Waals surface area contributed by atoms with E-state index < -0.39 is 5.60 Å². The topological polar surface area (TPSA) is 493 Å². The van der Waals surface area contributed by atoms with Crippen LogP contribution in [0.2, 0.25) is 0 Å². The van der Waals surface area contributed by atoms with Crippen LogP contribution in [-0.4, -0.2) is 164 Å². The Morgan fingerprint density at radius 2 is 0.688 bits per heavy atom. The van der Waals surface area contributed by atoms with Crippen LogP contribution in [0.1, 0.15) is 138 Å². The summed E-state index contributed by atoms with van der Waals surface area (Å²) in [4.78, 5) is 61.0. The fourth-order valence-corrected chi connectivity index (χ4v) is 15.9. The van der Waals surface area contributed by atoms with Gasteiger partial charge in [-0.1, -0.05) is 118 Å². The van der Waals surface area contributed by atoms with Gasteiger partial charge in [-0.25, -0.2) is 39.9 Å². The van der Waals surface area contributed by atoms with E-state index in [9.17, 15) is 5.11 Å². The predicted octanol–water partition coefficient (Wildman–Crippen LogP) is 13.4. The number of nitrogens with one attached hydrogen (secondary N) is 1. The number of aromatic nitrogens is 24. The number of hydrogen-bond acceptors (Lipinski definition) is 33. The van der Waals surface area contributed by atoms with Gasteiger partial charge < -0.3 is 60.9 Å². The number of methoxy groups -OCH3 is 2. The van der Waals surface area contributed by atoms with Gasteiger partial charge in [-0.15, -0.1) is 0 Å². The largest absolute Gasteiger partial charge is 0.389 e. The molecule has 20 rings (SSSR count). The second-order valence-electron chi connectivity index (χ2n) is 34.0. The van der Waals surface area contributed by atoms with E-state index >= 15 is 0 Å². The molecule has 128 heavy (non-hydrogen) atoms. The van der Waals surface area contributed by atoms with Gasteiger partial charge in [-0.3, -0.25) is 24.0 Å². The third kappa shape index (κ3) is 18.8. The number of aliphatic hydroxyl groups is 1. The van der Waals surface area contributed by atoms with Gasteiger partial charge in [0.05, 0.1) is 137 Å². The number of hydrogen-bond donors (Lipinski definition) is 6. The average molecular weight is 1720 g/mol. The molecule has 0 aliphatic heterocycles. The molecule has 0 bridgehead atoms. The lowest BCUT2D eigenvalue weighted by molar-refractivity contribution is 0.0944. The van der Waals surface area contributed by atoms with Gasteiger partial charge in [-0.2, -0.15) is 35.2 Å². The lowest BCUT2D eigenvalue weighted by atomic mass is 9.76. The molecular formula is C92H99N29O7. The van der Waals surface area contributed by atoms with Crippen LogP contribution in [0.3, 0.4) is 0 Å². The van der Waals surface area contributed by atoms with E-state index in [2.05, 4.69) is 216 Å². The monoisotopic (exact) mass is 1720 g/mol. The summed E-state index contributed by atoms with van der Waals surface area (Å²) in [7, 11) is 5.20. The first-order valence-electron chi connectivity index (χ1n) is 42.3.